The Bertz CT molecular complexity index is 278. The highest BCUT2D eigenvalue weighted by Gasteiger charge is 2.09. The SMILES string of the molecule is CCc1c(C)cccc1C(C)SC. The second-order valence-electron chi connectivity index (χ2n) is 3.37. The summed E-state index contributed by atoms with van der Waals surface area (Å²) >= 11 is 1.92. The molecular weight excluding hydrogens is 176 g/mol. The molecule has 0 heterocycles. The summed E-state index contributed by atoms with van der Waals surface area (Å²) < 4.78 is 0. The van der Waals surface area contributed by atoms with Crippen molar-refractivity contribution >= 4 is 11.8 Å². The first kappa shape index (κ1) is 10.6. The van der Waals surface area contributed by atoms with Crippen LogP contribution in [0.25, 0.3) is 0 Å². The summed E-state index contributed by atoms with van der Waals surface area (Å²) in [6.45, 7) is 6.72. The average Bonchev–Trinajstić information content (AvgIpc) is 2.16. The number of hydrogen-bond donors (Lipinski definition) is 0. The molecule has 0 aromatic heterocycles. The Hall–Kier alpha value is -0.430. The van der Waals surface area contributed by atoms with Gasteiger partial charge in [0, 0.05) is 5.25 Å². The van der Waals surface area contributed by atoms with Crippen molar-refractivity contribution in [3.63, 3.8) is 0 Å². The van der Waals surface area contributed by atoms with Crippen LogP contribution in [0.15, 0.2) is 18.2 Å². The minimum atomic E-state index is 0.620. The fourth-order valence-corrected chi connectivity index (χ4v) is 2.19. The molecule has 0 bridgehead atoms. The number of benzene rings is 1. The van der Waals surface area contributed by atoms with Crippen LogP contribution in [-0.2, 0) is 6.42 Å². The summed E-state index contributed by atoms with van der Waals surface area (Å²) in [6, 6.07) is 6.62. The lowest BCUT2D eigenvalue weighted by molar-refractivity contribution is 1.00. The Morgan fingerprint density at radius 1 is 1.38 bits per heavy atom. The maximum atomic E-state index is 2.28. The van der Waals surface area contributed by atoms with Crippen molar-refractivity contribution in [3.05, 3.63) is 34.9 Å². The van der Waals surface area contributed by atoms with Gasteiger partial charge in [-0.05, 0) is 43.2 Å². The molecular formula is C12H18S. The molecule has 0 saturated heterocycles. The van der Waals surface area contributed by atoms with Gasteiger partial charge in [-0.25, -0.2) is 0 Å². The van der Waals surface area contributed by atoms with Gasteiger partial charge >= 0.3 is 0 Å². The van der Waals surface area contributed by atoms with Crippen molar-refractivity contribution in [2.45, 2.75) is 32.4 Å². The summed E-state index contributed by atoms with van der Waals surface area (Å²) in [7, 11) is 0. The summed E-state index contributed by atoms with van der Waals surface area (Å²) in [6.07, 6.45) is 3.32. The van der Waals surface area contributed by atoms with Gasteiger partial charge in [-0.15, -0.1) is 0 Å². The molecule has 0 fully saturated rings. The fourth-order valence-electron chi connectivity index (χ4n) is 1.72. The van der Waals surface area contributed by atoms with E-state index in [0.717, 1.165) is 6.42 Å². The van der Waals surface area contributed by atoms with Gasteiger partial charge in [0.25, 0.3) is 0 Å². The van der Waals surface area contributed by atoms with E-state index in [0.29, 0.717) is 5.25 Å². The molecule has 0 radical (unpaired) electrons. The number of thioether (sulfide) groups is 1. The standard InChI is InChI=1S/C12H18S/c1-5-11-9(2)7-6-8-12(11)10(3)13-4/h6-8,10H,5H2,1-4H3. The predicted molar refractivity (Wildman–Crippen MR) is 62.5 cm³/mol. The Balaban J connectivity index is 3.12. The first-order chi connectivity index (χ1) is 6.20. The third-order valence-electron chi connectivity index (χ3n) is 2.59. The van der Waals surface area contributed by atoms with E-state index < -0.39 is 0 Å². The van der Waals surface area contributed by atoms with Crippen LogP contribution in [0.3, 0.4) is 0 Å². The highest BCUT2D eigenvalue weighted by Crippen LogP contribution is 2.30. The molecule has 0 nitrogen and oxygen atoms in total. The molecule has 1 unspecified atom stereocenters. The van der Waals surface area contributed by atoms with E-state index in [1.54, 1.807) is 0 Å². The first-order valence-corrected chi connectivity index (χ1v) is 6.10. The zero-order chi connectivity index (χ0) is 9.84. The molecule has 0 spiro atoms. The minimum Gasteiger partial charge on any atom is -0.157 e. The zero-order valence-corrected chi connectivity index (χ0v) is 9.74. The van der Waals surface area contributed by atoms with Crippen molar-refractivity contribution in [2.24, 2.45) is 0 Å². The Morgan fingerprint density at radius 3 is 2.62 bits per heavy atom. The first-order valence-electron chi connectivity index (χ1n) is 4.81. The number of rotatable bonds is 3. The van der Waals surface area contributed by atoms with Crippen LogP contribution in [0.2, 0.25) is 0 Å². The molecule has 0 amide bonds. The third kappa shape index (κ3) is 2.28. The Labute approximate surface area is 85.7 Å². The van der Waals surface area contributed by atoms with Gasteiger partial charge in [-0.2, -0.15) is 11.8 Å². The minimum absolute atomic E-state index is 0.620. The summed E-state index contributed by atoms with van der Waals surface area (Å²) in [5, 5.41) is 0.620. The molecule has 1 heteroatoms. The van der Waals surface area contributed by atoms with Crippen LogP contribution in [0.1, 0.15) is 35.8 Å². The summed E-state index contributed by atoms with van der Waals surface area (Å²) in [5.41, 5.74) is 4.47. The molecule has 0 aliphatic heterocycles. The van der Waals surface area contributed by atoms with E-state index >= 15 is 0 Å². The van der Waals surface area contributed by atoms with Crippen molar-refractivity contribution in [1.29, 1.82) is 0 Å². The fraction of sp³-hybridized carbons (Fsp3) is 0.500. The Morgan fingerprint density at radius 2 is 2.08 bits per heavy atom. The average molecular weight is 194 g/mol. The third-order valence-corrected chi connectivity index (χ3v) is 3.55. The summed E-state index contributed by atoms with van der Waals surface area (Å²) in [5.74, 6) is 0. The molecule has 1 rings (SSSR count). The summed E-state index contributed by atoms with van der Waals surface area (Å²) in [4.78, 5) is 0. The monoisotopic (exact) mass is 194 g/mol. The van der Waals surface area contributed by atoms with E-state index in [4.69, 9.17) is 0 Å². The van der Waals surface area contributed by atoms with Gasteiger partial charge in [0.05, 0.1) is 0 Å². The topological polar surface area (TPSA) is 0 Å². The van der Waals surface area contributed by atoms with E-state index in [1.165, 1.54) is 16.7 Å². The van der Waals surface area contributed by atoms with Gasteiger partial charge < -0.3 is 0 Å². The predicted octanol–water partition coefficient (Wildman–Crippen LogP) is 3.98. The quantitative estimate of drug-likeness (QED) is 0.701. The van der Waals surface area contributed by atoms with E-state index in [9.17, 15) is 0 Å². The molecule has 0 aliphatic carbocycles. The lowest BCUT2D eigenvalue weighted by atomic mass is 9.98. The van der Waals surface area contributed by atoms with E-state index in [-0.39, 0.29) is 0 Å². The Kier molecular flexibility index (Phi) is 3.86. The lowest BCUT2D eigenvalue weighted by Gasteiger charge is -2.15. The van der Waals surface area contributed by atoms with E-state index in [2.05, 4.69) is 45.2 Å². The van der Waals surface area contributed by atoms with Crippen LogP contribution < -0.4 is 0 Å². The highest BCUT2D eigenvalue weighted by molar-refractivity contribution is 7.98. The molecule has 0 N–H and O–H groups in total. The number of aryl methyl sites for hydroxylation is 1. The van der Waals surface area contributed by atoms with Crippen LogP contribution in [-0.4, -0.2) is 6.26 Å². The molecule has 1 atom stereocenters. The maximum Gasteiger partial charge on any atom is 0.0269 e. The smallest absolute Gasteiger partial charge is 0.0269 e. The van der Waals surface area contributed by atoms with Gasteiger partial charge in [0.15, 0.2) is 0 Å². The molecule has 0 saturated carbocycles. The maximum absolute atomic E-state index is 2.28. The van der Waals surface area contributed by atoms with Crippen molar-refractivity contribution in [1.82, 2.24) is 0 Å². The molecule has 0 aliphatic rings. The zero-order valence-electron chi connectivity index (χ0n) is 8.92. The highest BCUT2D eigenvalue weighted by atomic mass is 32.2. The van der Waals surface area contributed by atoms with Crippen molar-refractivity contribution in [2.75, 3.05) is 6.26 Å². The van der Waals surface area contributed by atoms with Gasteiger partial charge in [0.2, 0.25) is 0 Å². The second-order valence-corrected chi connectivity index (χ2v) is 4.55. The van der Waals surface area contributed by atoms with Crippen molar-refractivity contribution in [3.8, 4) is 0 Å². The number of hydrogen-bond acceptors (Lipinski definition) is 1. The largest absolute Gasteiger partial charge is 0.157 e. The van der Waals surface area contributed by atoms with Crippen LogP contribution >= 0.6 is 11.8 Å². The van der Waals surface area contributed by atoms with Crippen LogP contribution in [0.5, 0.6) is 0 Å². The lowest BCUT2D eigenvalue weighted by Crippen LogP contribution is -1.97. The van der Waals surface area contributed by atoms with Crippen LogP contribution in [0, 0.1) is 6.92 Å². The normalized spacial score (nSPS) is 12.9. The molecule has 72 valence electrons. The molecule has 1 aromatic rings. The van der Waals surface area contributed by atoms with Crippen LogP contribution in [0.4, 0.5) is 0 Å². The molecule has 13 heavy (non-hydrogen) atoms. The second kappa shape index (κ2) is 4.71. The van der Waals surface area contributed by atoms with Gasteiger partial charge in [-0.3, -0.25) is 0 Å². The van der Waals surface area contributed by atoms with E-state index in [1.807, 2.05) is 11.8 Å². The van der Waals surface area contributed by atoms with Crippen molar-refractivity contribution < 1.29 is 0 Å². The van der Waals surface area contributed by atoms with Gasteiger partial charge in [-0.1, -0.05) is 25.1 Å². The molecule has 1 aromatic carbocycles. The van der Waals surface area contributed by atoms with Gasteiger partial charge in [0.1, 0.15) is 0 Å².